The van der Waals surface area contributed by atoms with E-state index in [2.05, 4.69) is 64.1 Å². The maximum Gasteiger partial charge on any atom is 0.101 e. The Bertz CT molecular complexity index is 733. The van der Waals surface area contributed by atoms with Crippen molar-refractivity contribution in [2.45, 2.75) is 46.5 Å². The minimum Gasteiger partial charge on any atom is -0.512 e. The highest BCUT2D eigenvalue weighted by Crippen LogP contribution is 2.47. The Morgan fingerprint density at radius 1 is 0.957 bits per heavy atom. The molecule has 120 valence electrons. The molecule has 1 aliphatic rings. The lowest BCUT2D eigenvalue weighted by Gasteiger charge is -2.26. The van der Waals surface area contributed by atoms with Crippen LogP contribution in [0.4, 0.5) is 0 Å². The van der Waals surface area contributed by atoms with Gasteiger partial charge in [0, 0.05) is 5.92 Å². The standard InChI is InChI=1S/C22H26O/c1-5-16(6-2)21-19(23)13-18-12-9-15(4)20(22(18)21)17-10-7-14(3)8-11-17/h7-13,16,21,23H,5-6H2,1-4H3. The first-order valence-electron chi connectivity index (χ1n) is 8.67. The number of fused-ring (bicyclic) bond motifs is 1. The van der Waals surface area contributed by atoms with Crippen LogP contribution in [0.1, 0.15) is 54.9 Å². The summed E-state index contributed by atoms with van der Waals surface area (Å²) in [5.74, 6) is 1.15. The SMILES string of the molecule is CCC(CC)C1C(O)=Cc2ccc(C)c(-c3ccc(C)cc3)c21. The number of aliphatic hydroxyl groups is 1. The van der Waals surface area contributed by atoms with Gasteiger partial charge in [0.15, 0.2) is 0 Å². The van der Waals surface area contributed by atoms with E-state index in [4.69, 9.17) is 0 Å². The molecule has 0 amide bonds. The fourth-order valence-electron chi connectivity index (χ4n) is 3.94. The summed E-state index contributed by atoms with van der Waals surface area (Å²) in [7, 11) is 0. The predicted molar refractivity (Wildman–Crippen MR) is 98.8 cm³/mol. The summed E-state index contributed by atoms with van der Waals surface area (Å²) < 4.78 is 0. The van der Waals surface area contributed by atoms with Gasteiger partial charge in [0.25, 0.3) is 0 Å². The summed E-state index contributed by atoms with van der Waals surface area (Å²) in [6, 6.07) is 13.1. The van der Waals surface area contributed by atoms with E-state index < -0.39 is 0 Å². The third-order valence-corrected chi connectivity index (χ3v) is 5.28. The first kappa shape index (κ1) is 15.9. The lowest BCUT2D eigenvalue weighted by molar-refractivity contribution is 0.313. The van der Waals surface area contributed by atoms with Gasteiger partial charge in [-0.25, -0.2) is 0 Å². The van der Waals surface area contributed by atoms with Gasteiger partial charge < -0.3 is 5.11 Å². The lowest BCUT2D eigenvalue weighted by Crippen LogP contribution is -2.13. The van der Waals surface area contributed by atoms with Crippen molar-refractivity contribution >= 4 is 6.08 Å². The summed E-state index contributed by atoms with van der Waals surface area (Å²) in [5.41, 5.74) is 7.62. The van der Waals surface area contributed by atoms with Crippen LogP contribution in [0.3, 0.4) is 0 Å². The van der Waals surface area contributed by atoms with Gasteiger partial charge in [-0.3, -0.25) is 0 Å². The normalized spacial score (nSPS) is 16.6. The van der Waals surface area contributed by atoms with Gasteiger partial charge in [-0.05, 0) is 53.7 Å². The molecule has 0 fully saturated rings. The zero-order valence-electron chi connectivity index (χ0n) is 14.6. The van der Waals surface area contributed by atoms with Crippen molar-refractivity contribution in [2.24, 2.45) is 5.92 Å². The molecule has 0 heterocycles. The molecule has 0 bridgehead atoms. The molecule has 2 aromatic rings. The Hall–Kier alpha value is -2.02. The van der Waals surface area contributed by atoms with E-state index in [0.29, 0.717) is 11.7 Å². The van der Waals surface area contributed by atoms with Crippen molar-refractivity contribution < 1.29 is 5.11 Å². The minimum absolute atomic E-state index is 0.135. The highest BCUT2D eigenvalue weighted by atomic mass is 16.3. The maximum atomic E-state index is 10.6. The Morgan fingerprint density at radius 3 is 2.22 bits per heavy atom. The van der Waals surface area contributed by atoms with Gasteiger partial charge in [0.1, 0.15) is 5.76 Å². The number of rotatable bonds is 4. The maximum absolute atomic E-state index is 10.6. The fourth-order valence-corrected chi connectivity index (χ4v) is 3.94. The van der Waals surface area contributed by atoms with Crippen LogP contribution in [0.2, 0.25) is 0 Å². The Balaban J connectivity index is 2.21. The van der Waals surface area contributed by atoms with Crippen molar-refractivity contribution in [1.82, 2.24) is 0 Å². The van der Waals surface area contributed by atoms with Crippen LogP contribution < -0.4 is 0 Å². The first-order chi connectivity index (χ1) is 11.1. The molecule has 1 atom stereocenters. The molecule has 0 saturated carbocycles. The minimum atomic E-state index is 0.135. The van der Waals surface area contributed by atoms with E-state index in [1.807, 2.05) is 6.08 Å². The summed E-state index contributed by atoms with van der Waals surface area (Å²) in [6.07, 6.45) is 4.13. The quantitative estimate of drug-likeness (QED) is 0.692. The van der Waals surface area contributed by atoms with E-state index >= 15 is 0 Å². The largest absolute Gasteiger partial charge is 0.512 e. The second-order valence-corrected chi connectivity index (χ2v) is 6.75. The first-order valence-corrected chi connectivity index (χ1v) is 8.67. The van der Waals surface area contributed by atoms with Gasteiger partial charge in [-0.15, -0.1) is 0 Å². The van der Waals surface area contributed by atoms with Crippen LogP contribution in [-0.2, 0) is 0 Å². The van der Waals surface area contributed by atoms with Crippen LogP contribution in [0.5, 0.6) is 0 Å². The summed E-state index contributed by atoms with van der Waals surface area (Å²) in [5, 5.41) is 10.6. The Kier molecular flexibility index (Phi) is 4.30. The molecule has 0 spiro atoms. The van der Waals surface area contributed by atoms with Crippen LogP contribution in [0.25, 0.3) is 17.2 Å². The Morgan fingerprint density at radius 2 is 1.61 bits per heavy atom. The van der Waals surface area contributed by atoms with Gasteiger partial charge in [0.2, 0.25) is 0 Å². The van der Waals surface area contributed by atoms with Gasteiger partial charge in [-0.1, -0.05) is 68.7 Å². The Labute approximate surface area is 139 Å². The van der Waals surface area contributed by atoms with Crippen LogP contribution >= 0.6 is 0 Å². The van der Waals surface area contributed by atoms with E-state index in [9.17, 15) is 5.11 Å². The van der Waals surface area contributed by atoms with Crippen molar-refractivity contribution in [3.8, 4) is 11.1 Å². The molecular formula is C22H26O. The van der Waals surface area contributed by atoms with Crippen molar-refractivity contribution in [1.29, 1.82) is 0 Å². The molecular weight excluding hydrogens is 280 g/mol. The molecule has 3 rings (SSSR count). The smallest absolute Gasteiger partial charge is 0.101 e. The van der Waals surface area contributed by atoms with Crippen molar-refractivity contribution in [3.63, 3.8) is 0 Å². The highest BCUT2D eigenvalue weighted by molar-refractivity contribution is 5.80. The monoisotopic (exact) mass is 306 g/mol. The predicted octanol–water partition coefficient (Wildman–Crippen LogP) is 6.40. The number of benzene rings is 2. The van der Waals surface area contributed by atoms with E-state index in [1.165, 1.54) is 33.4 Å². The number of allylic oxidation sites excluding steroid dienone is 1. The zero-order valence-corrected chi connectivity index (χ0v) is 14.6. The molecule has 0 saturated heterocycles. The average Bonchev–Trinajstić information content (AvgIpc) is 2.87. The summed E-state index contributed by atoms with van der Waals surface area (Å²) in [6.45, 7) is 8.74. The van der Waals surface area contributed by atoms with Crippen molar-refractivity contribution in [3.05, 3.63) is 64.4 Å². The molecule has 1 N–H and O–H groups in total. The summed E-state index contributed by atoms with van der Waals surface area (Å²) in [4.78, 5) is 0. The molecule has 1 unspecified atom stereocenters. The molecule has 1 nitrogen and oxygen atoms in total. The lowest BCUT2D eigenvalue weighted by atomic mass is 9.79. The van der Waals surface area contributed by atoms with Crippen molar-refractivity contribution in [2.75, 3.05) is 0 Å². The number of aliphatic hydroxyl groups excluding tert-OH is 1. The second-order valence-electron chi connectivity index (χ2n) is 6.75. The third kappa shape index (κ3) is 2.69. The molecule has 0 aliphatic heterocycles. The average molecular weight is 306 g/mol. The van der Waals surface area contributed by atoms with Crippen LogP contribution in [0.15, 0.2) is 42.2 Å². The summed E-state index contributed by atoms with van der Waals surface area (Å²) >= 11 is 0. The van der Waals surface area contributed by atoms with E-state index in [1.54, 1.807) is 0 Å². The second kappa shape index (κ2) is 6.23. The van der Waals surface area contributed by atoms with Gasteiger partial charge in [0.05, 0.1) is 0 Å². The molecule has 2 aromatic carbocycles. The fraction of sp³-hybridized carbons (Fsp3) is 0.364. The van der Waals surface area contributed by atoms with Crippen LogP contribution in [-0.4, -0.2) is 5.11 Å². The molecule has 1 aliphatic carbocycles. The van der Waals surface area contributed by atoms with Gasteiger partial charge in [-0.2, -0.15) is 0 Å². The highest BCUT2D eigenvalue weighted by Gasteiger charge is 2.33. The molecule has 0 radical (unpaired) electrons. The molecule has 23 heavy (non-hydrogen) atoms. The number of aryl methyl sites for hydroxylation is 2. The molecule has 1 heteroatoms. The zero-order chi connectivity index (χ0) is 16.6. The third-order valence-electron chi connectivity index (χ3n) is 5.28. The van der Waals surface area contributed by atoms with Gasteiger partial charge >= 0.3 is 0 Å². The van der Waals surface area contributed by atoms with Crippen LogP contribution in [0, 0.1) is 19.8 Å². The number of hydrogen-bond acceptors (Lipinski definition) is 1. The number of hydrogen-bond donors (Lipinski definition) is 1. The van der Waals surface area contributed by atoms with E-state index in [-0.39, 0.29) is 5.92 Å². The topological polar surface area (TPSA) is 20.2 Å². The van der Waals surface area contributed by atoms with E-state index in [0.717, 1.165) is 12.8 Å². The molecule has 0 aromatic heterocycles.